The Morgan fingerprint density at radius 3 is 2.40 bits per heavy atom. The van der Waals surface area contributed by atoms with E-state index in [1.165, 1.54) is 0 Å². The second-order valence-corrected chi connectivity index (χ2v) is 6.11. The second kappa shape index (κ2) is 8.53. The van der Waals surface area contributed by atoms with Gasteiger partial charge in [-0.2, -0.15) is 0 Å². The molecule has 0 saturated heterocycles. The molecule has 2 aromatic carbocycles. The van der Waals surface area contributed by atoms with Gasteiger partial charge in [-0.15, -0.1) is 0 Å². The molecule has 0 atom stereocenters. The van der Waals surface area contributed by atoms with E-state index in [0.717, 1.165) is 22.4 Å². The number of nitrogens with one attached hydrogen (secondary N) is 1. The number of amides is 1. The van der Waals surface area contributed by atoms with Gasteiger partial charge in [-0.05, 0) is 49.6 Å². The Bertz CT molecular complexity index is 769. The van der Waals surface area contributed by atoms with Gasteiger partial charge in [0, 0.05) is 5.69 Å². The zero-order chi connectivity index (χ0) is 18.4. The second-order valence-electron chi connectivity index (χ2n) is 5.70. The predicted molar refractivity (Wildman–Crippen MR) is 97.2 cm³/mol. The van der Waals surface area contributed by atoms with E-state index in [1.807, 2.05) is 45.0 Å². The van der Waals surface area contributed by atoms with Crippen LogP contribution < -0.4 is 10.1 Å². The maximum absolute atomic E-state index is 11.9. The first kappa shape index (κ1) is 18.8. The number of carbonyl (C=O) groups is 2. The fraction of sp³-hybridized carbons (Fsp3) is 0.263. The fourth-order valence-corrected chi connectivity index (χ4v) is 2.40. The average molecular weight is 362 g/mol. The smallest absolute Gasteiger partial charge is 0.344 e. The molecule has 0 saturated carbocycles. The lowest BCUT2D eigenvalue weighted by molar-refractivity contribution is -0.149. The van der Waals surface area contributed by atoms with Crippen LogP contribution in [0.25, 0.3) is 0 Å². The molecule has 0 heterocycles. The van der Waals surface area contributed by atoms with Crippen molar-refractivity contribution in [3.05, 3.63) is 58.1 Å². The van der Waals surface area contributed by atoms with Crippen molar-refractivity contribution < 1.29 is 19.1 Å². The molecule has 0 aromatic heterocycles. The quantitative estimate of drug-likeness (QED) is 0.794. The van der Waals surface area contributed by atoms with Crippen LogP contribution in [0.1, 0.15) is 16.7 Å². The van der Waals surface area contributed by atoms with Gasteiger partial charge in [0.2, 0.25) is 0 Å². The summed E-state index contributed by atoms with van der Waals surface area (Å²) in [5.41, 5.74) is 3.57. The third kappa shape index (κ3) is 5.50. The van der Waals surface area contributed by atoms with Crippen LogP contribution in [-0.4, -0.2) is 25.1 Å². The molecule has 1 amide bonds. The maximum Gasteiger partial charge on any atom is 0.344 e. The molecule has 0 spiro atoms. The molecule has 2 rings (SSSR count). The molecule has 0 unspecified atom stereocenters. The SMILES string of the molecule is Cc1ccc(Cl)c(OCC(=O)OCC(=O)Nc2c(C)cccc2C)c1. The summed E-state index contributed by atoms with van der Waals surface area (Å²) in [4.78, 5) is 23.7. The summed E-state index contributed by atoms with van der Waals surface area (Å²) in [6.45, 7) is 4.98. The van der Waals surface area contributed by atoms with Gasteiger partial charge < -0.3 is 14.8 Å². The Morgan fingerprint density at radius 1 is 1.04 bits per heavy atom. The number of esters is 1. The van der Waals surface area contributed by atoms with Crippen molar-refractivity contribution in [2.45, 2.75) is 20.8 Å². The highest BCUT2D eigenvalue weighted by Gasteiger charge is 2.12. The highest BCUT2D eigenvalue weighted by molar-refractivity contribution is 6.32. The molecule has 5 nitrogen and oxygen atoms in total. The van der Waals surface area contributed by atoms with Gasteiger partial charge >= 0.3 is 5.97 Å². The molecule has 1 N–H and O–H groups in total. The molecular formula is C19H20ClNO4. The molecule has 0 aliphatic heterocycles. The van der Waals surface area contributed by atoms with E-state index in [0.29, 0.717) is 10.8 Å². The predicted octanol–water partition coefficient (Wildman–Crippen LogP) is 3.83. The largest absolute Gasteiger partial charge is 0.480 e. The van der Waals surface area contributed by atoms with Crippen LogP contribution in [0.3, 0.4) is 0 Å². The topological polar surface area (TPSA) is 64.6 Å². The van der Waals surface area contributed by atoms with Gasteiger partial charge in [0.05, 0.1) is 5.02 Å². The number of ether oxygens (including phenoxy) is 2. The lowest BCUT2D eigenvalue weighted by Crippen LogP contribution is -2.24. The van der Waals surface area contributed by atoms with Crippen LogP contribution in [0.2, 0.25) is 5.02 Å². The summed E-state index contributed by atoms with van der Waals surface area (Å²) >= 11 is 5.99. The van der Waals surface area contributed by atoms with E-state index < -0.39 is 11.9 Å². The van der Waals surface area contributed by atoms with Crippen LogP contribution in [0.15, 0.2) is 36.4 Å². The molecule has 0 radical (unpaired) electrons. The Kier molecular flexibility index (Phi) is 6.42. The molecule has 0 aliphatic carbocycles. The Hall–Kier alpha value is -2.53. The molecule has 0 aliphatic rings. The Labute approximate surface area is 151 Å². The highest BCUT2D eigenvalue weighted by Crippen LogP contribution is 2.25. The number of aryl methyl sites for hydroxylation is 3. The number of carbonyl (C=O) groups excluding carboxylic acids is 2. The molecule has 25 heavy (non-hydrogen) atoms. The first-order valence-electron chi connectivity index (χ1n) is 7.77. The molecule has 0 fully saturated rings. The van der Waals surface area contributed by atoms with E-state index >= 15 is 0 Å². The van der Waals surface area contributed by atoms with Gasteiger partial charge in [0.15, 0.2) is 13.2 Å². The number of anilines is 1. The number of benzene rings is 2. The summed E-state index contributed by atoms with van der Waals surface area (Å²) in [5.74, 6) is -0.646. The minimum absolute atomic E-state index is 0.320. The Morgan fingerprint density at radius 2 is 1.72 bits per heavy atom. The van der Waals surface area contributed by atoms with Crippen molar-refractivity contribution in [1.29, 1.82) is 0 Å². The number of hydrogen-bond acceptors (Lipinski definition) is 4. The summed E-state index contributed by atoms with van der Waals surface area (Å²) in [6.07, 6.45) is 0. The Balaban J connectivity index is 1.81. The molecule has 2 aromatic rings. The van der Waals surface area contributed by atoms with Crippen LogP contribution in [0.4, 0.5) is 5.69 Å². The van der Waals surface area contributed by atoms with Crippen molar-refractivity contribution in [3.8, 4) is 5.75 Å². The minimum Gasteiger partial charge on any atom is -0.480 e. The van der Waals surface area contributed by atoms with Crippen molar-refractivity contribution in [1.82, 2.24) is 0 Å². The normalized spacial score (nSPS) is 10.2. The van der Waals surface area contributed by atoms with Gasteiger partial charge in [-0.25, -0.2) is 4.79 Å². The molecule has 0 bridgehead atoms. The maximum atomic E-state index is 11.9. The van der Waals surface area contributed by atoms with Gasteiger partial charge in [0.1, 0.15) is 5.75 Å². The van der Waals surface area contributed by atoms with E-state index in [2.05, 4.69) is 5.32 Å². The lowest BCUT2D eigenvalue weighted by atomic mass is 10.1. The van der Waals surface area contributed by atoms with Gasteiger partial charge in [-0.1, -0.05) is 35.9 Å². The monoisotopic (exact) mass is 361 g/mol. The number of rotatable bonds is 6. The highest BCUT2D eigenvalue weighted by atomic mass is 35.5. The van der Waals surface area contributed by atoms with Crippen molar-refractivity contribution in [2.24, 2.45) is 0 Å². The summed E-state index contributed by atoms with van der Waals surface area (Å²) in [5, 5.41) is 3.15. The van der Waals surface area contributed by atoms with E-state index in [9.17, 15) is 9.59 Å². The minimum atomic E-state index is -0.644. The van der Waals surface area contributed by atoms with E-state index in [1.54, 1.807) is 12.1 Å². The number of hydrogen-bond donors (Lipinski definition) is 1. The van der Waals surface area contributed by atoms with Crippen LogP contribution >= 0.6 is 11.6 Å². The molecule has 132 valence electrons. The molecular weight excluding hydrogens is 342 g/mol. The van der Waals surface area contributed by atoms with Gasteiger partial charge in [-0.3, -0.25) is 4.79 Å². The third-order valence-corrected chi connectivity index (χ3v) is 3.85. The van der Waals surface area contributed by atoms with E-state index in [4.69, 9.17) is 21.1 Å². The third-order valence-electron chi connectivity index (χ3n) is 3.54. The van der Waals surface area contributed by atoms with Crippen LogP contribution in [0, 0.1) is 20.8 Å². The van der Waals surface area contributed by atoms with E-state index in [-0.39, 0.29) is 13.2 Å². The lowest BCUT2D eigenvalue weighted by Gasteiger charge is -2.12. The van der Waals surface area contributed by atoms with Crippen molar-refractivity contribution in [3.63, 3.8) is 0 Å². The van der Waals surface area contributed by atoms with Crippen LogP contribution in [0.5, 0.6) is 5.75 Å². The zero-order valence-corrected chi connectivity index (χ0v) is 15.1. The average Bonchev–Trinajstić information content (AvgIpc) is 2.57. The van der Waals surface area contributed by atoms with Crippen molar-refractivity contribution in [2.75, 3.05) is 18.5 Å². The summed E-state index contributed by atoms with van der Waals surface area (Å²) in [6, 6.07) is 11.0. The summed E-state index contributed by atoms with van der Waals surface area (Å²) in [7, 11) is 0. The zero-order valence-electron chi connectivity index (χ0n) is 14.4. The first-order valence-corrected chi connectivity index (χ1v) is 8.15. The molecule has 6 heteroatoms. The summed E-state index contributed by atoms with van der Waals surface area (Å²) < 4.78 is 10.3. The standard InChI is InChI=1S/C19H20ClNO4/c1-12-7-8-15(20)16(9-12)24-11-18(23)25-10-17(22)21-19-13(2)5-4-6-14(19)3/h4-9H,10-11H2,1-3H3,(H,21,22). The first-order chi connectivity index (χ1) is 11.9. The fourth-order valence-electron chi connectivity index (χ4n) is 2.23. The van der Waals surface area contributed by atoms with Crippen molar-refractivity contribution >= 4 is 29.2 Å². The number of halogens is 1. The van der Waals surface area contributed by atoms with Crippen LogP contribution in [-0.2, 0) is 14.3 Å². The number of para-hydroxylation sites is 1. The van der Waals surface area contributed by atoms with Gasteiger partial charge in [0.25, 0.3) is 5.91 Å².